The minimum Gasteiger partial charge on any atom is -0.384 e. The number of aryl methyl sites for hydroxylation is 1. The number of fused-ring (bicyclic) bond motifs is 1. The first-order valence-corrected chi connectivity index (χ1v) is 11.9. The average molecular weight is 528 g/mol. The Morgan fingerprint density at radius 2 is 1.87 bits per heavy atom. The van der Waals surface area contributed by atoms with Crippen molar-refractivity contribution in [2.75, 3.05) is 16.8 Å². The van der Waals surface area contributed by atoms with Gasteiger partial charge in [0.1, 0.15) is 6.33 Å². The number of hydrogen-bond donors (Lipinski definition) is 1. The van der Waals surface area contributed by atoms with E-state index in [9.17, 15) is 23.2 Å². The number of nitriles is 2. The molecule has 39 heavy (non-hydrogen) atoms. The van der Waals surface area contributed by atoms with E-state index in [0.717, 1.165) is 6.07 Å². The van der Waals surface area contributed by atoms with Crippen LogP contribution in [0.5, 0.6) is 0 Å². The number of aromatic nitrogens is 3. The maximum atomic E-state index is 13.7. The van der Waals surface area contributed by atoms with E-state index in [-0.39, 0.29) is 24.1 Å². The zero-order chi connectivity index (χ0) is 27.7. The second-order valence-corrected chi connectivity index (χ2v) is 8.96. The molecule has 8 nitrogen and oxygen atoms in total. The fourth-order valence-electron chi connectivity index (χ4n) is 4.67. The third-order valence-corrected chi connectivity index (χ3v) is 6.48. The average Bonchev–Trinajstić information content (AvgIpc) is 3.50. The second-order valence-electron chi connectivity index (χ2n) is 8.96. The summed E-state index contributed by atoms with van der Waals surface area (Å²) in [6.45, 7) is 0.0689. The lowest BCUT2D eigenvalue weighted by Gasteiger charge is -2.20. The molecule has 5 rings (SSSR count). The molecule has 0 fully saturated rings. The number of alkyl halides is 3. The van der Waals surface area contributed by atoms with Crippen molar-refractivity contribution in [2.45, 2.75) is 19.1 Å². The van der Waals surface area contributed by atoms with Crippen molar-refractivity contribution in [1.82, 2.24) is 14.8 Å². The van der Waals surface area contributed by atoms with Gasteiger partial charge in [-0.15, -0.1) is 10.2 Å². The Balaban J connectivity index is 1.66. The van der Waals surface area contributed by atoms with E-state index in [1.54, 1.807) is 54.3 Å². The van der Waals surface area contributed by atoms with Gasteiger partial charge in [-0.3, -0.25) is 4.79 Å². The van der Waals surface area contributed by atoms with Crippen molar-refractivity contribution >= 4 is 17.3 Å². The van der Waals surface area contributed by atoms with Gasteiger partial charge in [0, 0.05) is 36.1 Å². The van der Waals surface area contributed by atoms with E-state index in [0.29, 0.717) is 46.0 Å². The van der Waals surface area contributed by atoms with E-state index < -0.39 is 17.6 Å². The van der Waals surface area contributed by atoms with Crippen LogP contribution >= 0.6 is 0 Å². The van der Waals surface area contributed by atoms with Crippen LogP contribution in [0.2, 0.25) is 0 Å². The lowest BCUT2D eigenvalue weighted by Crippen LogP contribution is -2.23. The highest BCUT2D eigenvalue weighted by Gasteiger charge is 2.39. The normalized spacial score (nSPS) is 12.7. The molecule has 1 aliphatic rings. The molecule has 1 aromatic heterocycles. The third-order valence-electron chi connectivity index (χ3n) is 6.48. The largest absolute Gasteiger partial charge is 0.416 e. The summed E-state index contributed by atoms with van der Waals surface area (Å²) in [5.41, 5.74) is 2.29. The van der Waals surface area contributed by atoms with Gasteiger partial charge in [-0.2, -0.15) is 23.7 Å². The first kappa shape index (κ1) is 25.5. The maximum absolute atomic E-state index is 13.7. The van der Waals surface area contributed by atoms with Crippen molar-refractivity contribution < 1.29 is 18.0 Å². The molecular formula is C28H20F3N7O. The SMILES string of the molecule is Cn1cnnc1-c1ccc(C#N)cc1-c1cc(NCCC#N)cc(N2Cc3c(cccc3C(F)(F)F)C2=O)c1. The topological polar surface area (TPSA) is 111 Å². The number of carbonyl (C=O) groups is 1. The smallest absolute Gasteiger partial charge is 0.384 e. The zero-order valence-electron chi connectivity index (χ0n) is 20.6. The van der Waals surface area contributed by atoms with E-state index in [1.807, 2.05) is 0 Å². The van der Waals surface area contributed by atoms with Gasteiger partial charge in [-0.25, -0.2) is 0 Å². The summed E-state index contributed by atoms with van der Waals surface area (Å²) in [5, 5.41) is 29.8. The summed E-state index contributed by atoms with van der Waals surface area (Å²) in [6, 6.07) is 18.0. The van der Waals surface area contributed by atoms with E-state index >= 15 is 0 Å². The van der Waals surface area contributed by atoms with Crippen LogP contribution in [-0.4, -0.2) is 27.2 Å². The van der Waals surface area contributed by atoms with Crippen LogP contribution in [-0.2, 0) is 19.8 Å². The van der Waals surface area contributed by atoms with Crippen LogP contribution in [0.3, 0.4) is 0 Å². The summed E-state index contributed by atoms with van der Waals surface area (Å²) in [7, 11) is 1.78. The van der Waals surface area contributed by atoms with Crippen LogP contribution in [0.25, 0.3) is 22.5 Å². The highest BCUT2D eigenvalue weighted by atomic mass is 19.4. The Hall–Kier alpha value is -5.16. The van der Waals surface area contributed by atoms with Crippen LogP contribution in [0.15, 0.2) is 60.9 Å². The fourth-order valence-corrected chi connectivity index (χ4v) is 4.67. The Kier molecular flexibility index (Phi) is 6.50. The molecule has 0 saturated carbocycles. The van der Waals surface area contributed by atoms with E-state index in [2.05, 4.69) is 27.7 Å². The molecule has 4 aromatic rings. The van der Waals surface area contributed by atoms with Gasteiger partial charge in [0.2, 0.25) is 0 Å². The van der Waals surface area contributed by atoms with Gasteiger partial charge in [0.15, 0.2) is 5.82 Å². The molecule has 0 saturated heterocycles. The molecule has 1 N–H and O–H groups in total. The van der Waals surface area contributed by atoms with Crippen molar-refractivity contribution in [3.63, 3.8) is 0 Å². The number of benzene rings is 3. The van der Waals surface area contributed by atoms with Gasteiger partial charge >= 0.3 is 6.18 Å². The zero-order valence-corrected chi connectivity index (χ0v) is 20.6. The minimum absolute atomic E-state index is 0.000435. The van der Waals surface area contributed by atoms with Gasteiger partial charge in [-0.05, 0) is 65.2 Å². The molecule has 2 heterocycles. The van der Waals surface area contributed by atoms with Gasteiger partial charge < -0.3 is 14.8 Å². The van der Waals surface area contributed by atoms with Gasteiger partial charge in [0.05, 0.1) is 36.2 Å². The lowest BCUT2D eigenvalue weighted by molar-refractivity contribution is -0.138. The highest BCUT2D eigenvalue weighted by molar-refractivity contribution is 6.11. The first-order valence-electron chi connectivity index (χ1n) is 11.9. The summed E-state index contributed by atoms with van der Waals surface area (Å²) in [6.07, 6.45) is -2.84. The summed E-state index contributed by atoms with van der Waals surface area (Å²) in [5.74, 6) is -0.00567. The molecule has 11 heteroatoms. The standard InChI is InChI=1S/C28H20F3N7O/c1-37-16-35-36-26(37)21-7-6-17(14-33)10-23(21)18-11-19(34-9-3-8-32)13-20(12-18)38-15-24-22(27(38)39)4-2-5-25(24)28(29,30)31/h2,4-7,10-13,16,34H,3,9,15H2,1H3. The molecule has 0 radical (unpaired) electrons. The molecule has 0 bridgehead atoms. The van der Waals surface area contributed by atoms with Gasteiger partial charge in [0.25, 0.3) is 5.91 Å². The molecule has 194 valence electrons. The Morgan fingerprint density at radius 3 is 2.56 bits per heavy atom. The number of nitrogens with zero attached hydrogens (tertiary/aromatic N) is 6. The predicted molar refractivity (Wildman–Crippen MR) is 137 cm³/mol. The quantitative estimate of drug-likeness (QED) is 0.330. The van der Waals surface area contributed by atoms with E-state index in [4.69, 9.17) is 5.26 Å². The van der Waals surface area contributed by atoms with Crippen molar-refractivity contribution in [3.05, 3.63) is 83.2 Å². The molecule has 3 aromatic carbocycles. The number of amides is 1. The monoisotopic (exact) mass is 527 g/mol. The van der Waals surface area contributed by atoms with Crippen LogP contribution in [0.1, 0.15) is 33.5 Å². The molecule has 1 aliphatic heterocycles. The molecule has 1 amide bonds. The Morgan fingerprint density at radius 1 is 1.05 bits per heavy atom. The molecule has 0 spiro atoms. The third kappa shape index (κ3) is 4.78. The Bertz CT molecular complexity index is 1680. The highest BCUT2D eigenvalue weighted by Crippen LogP contribution is 2.41. The van der Waals surface area contributed by atoms with Crippen molar-refractivity contribution in [2.24, 2.45) is 7.05 Å². The van der Waals surface area contributed by atoms with Gasteiger partial charge in [-0.1, -0.05) is 6.07 Å². The van der Waals surface area contributed by atoms with E-state index in [1.165, 1.54) is 17.0 Å². The predicted octanol–water partition coefficient (Wildman–Crippen LogP) is 5.53. The summed E-state index contributed by atoms with van der Waals surface area (Å²) in [4.78, 5) is 14.6. The summed E-state index contributed by atoms with van der Waals surface area (Å²) >= 11 is 0. The van der Waals surface area contributed by atoms with Crippen LogP contribution in [0.4, 0.5) is 24.5 Å². The lowest BCUT2D eigenvalue weighted by atomic mass is 9.95. The number of nitrogens with one attached hydrogen (secondary N) is 1. The number of carbonyl (C=O) groups excluding carboxylic acids is 1. The first-order chi connectivity index (χ1) is 18.7. The summed E-state index contributed by atoms with van der Waals surface area (Å²) < 4.78 is 42.8. The maximum Gasteiger partial charge on any atom is 0.416 e. The van der Waals surface area contributed by atoms with Crippen molar-refractivity contribution in [1.29, 1.82) is 10.5 Å². The van der Waals surface area contributed by atoms with Crippen LogP contribution in [0, 0.1) is 22.7 Å². The molecular weight excluding hydrogens is 507 g/mol. The Labute approximate surface area is 221 Å². The molecule has 0 aliphatic carbocycles. The number of hydrogen-bond acceptors (Lipinski definition) is 6. The second kappa shape index (κ2) is 9.95. The number of anilines is 2. The fraction of sp³-hybridized carbons (Fsp3) is 0.179. The number of rotatable bonds is 6. The molecule has 0 unspecified atom stereocenters. The van der Waals surface area contributed by atoms with Crippen molar-refractivity contribution in [3.8, 4) is 34.7 Å². The number of halogens is 3. The minimum atomic E-state index is -4.60. The van der Waals surface area contributed by atoms with Crippen LogP contribution < -0.4 is 10.2 Å². The molecule has 0 atom stereocenters.